The van der Waals surface area contributed by atoms with Crippen molar-refractivity contribution >= 4 is 6.08 Å². The highest BCUT2D eigenvalue weighted by Gasteiger charge is 2.40. The maximum Gasteiger partial charge on any atom is 0.144 e. The van der Waals surface area contributed by atoms with E-state index < -0.39 is 6.10 Å². The van der Waals surface area contributed by atoms with Gasteiger partial charge in [0.15, 0.2) is 0 Å². The average Bonchev–Trinajstić information content (AvgIpc) is 2.97. The Balaban J connectivity index is 1.41. The van der Waals surface area contributed by atoms with Gasteiger partial charge in [-0.2, -0.15) is 0 Å². The van der Waals surface area contributed by atoms with Gasteiger partial charge >= 0.3 is 0 Å². The van der Waals surface area contributed by atoms with E-state index in [0.717, 1.165) is 28.0 Å². The Bertz CT molecular complexity index is 1230. The van der Waals surface area contributed by atoms with E-state index in [1.54, 1.807) is 0 Å². The molecule has 1 fully saturated rings. The number of hydrogen-bond acceptors (Lipinski definition) is 4. The summed E-state index contributed by atoms with van der Waals surface area (Å²) in [4.78, 5) is 0. The zero-order valence-electron chi connectivity index (χ0n) is 20.8. The molecule has 4 aromatic carbocycles. The van der Waals surface area contributed by atoms with E-state index in [4.69, 9.17) is 18.9 Å². The van der Waals surface area contributed by atoms with Crippen molar-refractivity contribution in [3.05, 3.63) is 149 Å². The fourth-order valence-electron chi connectivity index (χ4n) is 4.37. The average molecular weight is 493 g/mol. The maximum absolute atomic E-state index is 6.57. The van der Waals surface area contributed by atoms with Crippen molar-refractivity contribution < 1.29 is 18.9 Å². The minimum atomic E-state index is -0.432. The van der Waals surface area contributed by atoms with Gasteiger partial charge in [0.1, 0.15) is 30.7 Å². The van der Waals surface area contributed by atoms with Crippen molar-refractivity contribution in [1.29, 1.82) is 0 Å². The molecule has 0 amide bonds. The van der Waals surface area contributed by atoms with Gasteiger partial charge in [-0.05, 0) is 28.3 Å². The van der Waals surface area contributed by atoms with Crippen LogP contribution in [0.1, 0.15) is 22.3 Å². The van der Waals surface area contributed by atoms with Crippen molar-refractivity contribution in [3.8, 4) is 0 Å². The second kappa shape index (κ2) is 13.0. The van der Waals surface area contributed by atoms with Crippen LogP contribution in [-0.2, 0) is 38.8 Å². The van der Waals surface area contributed by atoms with Gasteiger partial charge in [0.05, 0.1) is 19.8 Å². The third kappa shape index (κ3) is 7.17. The van der Waals surface area contributed by atoms with Crippen LogP contribution in [0.3, 0.4) is 0 Å². The normalized spacial score (nSPS) is 20.4. The Morgan fingerprint density at radius 1 is 0.568 bits per heavy atom. The fraction of sp³-hybridized carbons (Fsp3) is 0.212. The van der Waals surface area contributed by atoms with Gasteiger partial charge in [-0.1, -0.05) is 121 Å². The summed E-state index contributed by atoms with van der Waals surface area (Å²) in [5, 5.41) is 0. The summed E-state index contributed by atoms with van der Waals surface area (Å²) in [5.74, 6) is 0.750. The second-order valence-electron chi connectivity index (χ2n) is 9.08. The lowest BCUT2D eigenvalue weighted by Gasteiger charge is -2.39. The summed E-state index contributed by atoms with van der Waals surface area (Å²) < 4.78 is 25.8. The summed E-state index contributed by atoms with van der Waals surface area (Å²) in [6.07, 6.45) is 0.967. The summed E-state index contributed by atoms with van der Waals surface area (Å²) >= 11 is 0. The molecule has 4 heteroatoms. The van der Waals surface area contributed by atoms with E-state index in [9.17, 15) is 0 Å². The topological polar surface area (TPSA) is 36.9 Å². The van der Waals surface area contributed by atoms with Crippen LogP contribution in [0.25, 0.3) is 6.08 Å². The molecule has 4 aromatic rings. The molecule has 5 rings (SSSR count). The fourth-order valence-corrected chi connectivity index (χ4v) is 4.37. The van der Waals surface area contributed by atoms with E-state index in [2.05, 4.69) is 48.5 Å². The van der Waals surface area contributed by atoms with Crippen LogP contribution in [0.2, 0.25) is 0 Å². The predicted molar refractivity (Wildman–Crippen MR) is 145 cm³/mol. The summed E-state index contributed by atoms with van der Waals surface area (Å²) in [6, 6.07) is 40.7. The van der Waals surface area contributed by atoms with Crippen LogP contribution in [-0.4, -0.2) is 24.9 Å². The summed E-state index contributed by atoms with van der Waals surface area (Å²) in [5.41, 5.74) is 4.36. The van der Waals surface area contributed by atoms with Gasteiger partial charge in [-0.25, -0.2) is 0 Å². The molecule has 1 heterocycles. The van der Waals surface area contributed by atoms with Gasteiger partial charge in [-0.3, -0.25) is 0 Å². The van der Waals surface area contributed by atoms with Gasteiger partial charge in [0.25, 0.3) is 0 Å². The van der Waals surface area contributed by atoms with E-state index in [0.29, 0.717) is 26.4 Å². The van der Waals surface area contributed by atoms with Crippen LogP contribution < -0.4 is 0 Å². The number of benzene rings is 4. The van der Waals surface area contributed by atoms with Gasteiger partial charge in [-0.15, -0.1) is 0 Å². The lowest BCUT2D eigenvalue weighted by atomic mass is 10.0. The maximum atomic E-state index is 6.57. The Kier molecular flexibility index (Phi) is 8.79. The zero-order valence-corrected chi connectivity index (χ0v) is 20.8. The molecule has 0 radical (unpaired) electrons. The largest absolute Gasteiger partial charge is 0.492 e. The van der Waals surface area contributed by atoms with Crippen LogP contribution in [0.15, 0.2) is 127 Å². The Labute approximate surface area is 219 Å². The monoisotopic (exact) mass is 492 g/mol. The van der Waals surface area contributed by atoms with Crippen molar-refractivity contribution in [2.45, 2.75) is 38.1 Å². The molecule has 0 spiro atoms. The summed E-state index contributed by atoms with van der Waals surface area (Å²) in [6.45, 7) is 1.76. The predicted octanol–water partition coefficient (Wildman–Crippen LogP) is 6.81. The molecule has 3 atom stereocenters. The molecule has 188 valence electrons. The molecule has 0 aliphatic carbocycles. The first kappa shape index (κ1) is 25.0. The first-order valence-electron chi connectivity index (χ1n) is 12.7. The van der Waals surface area contributed by atoms with Crippen LogP contribution in [0.4, 0.5) is 0 Å². The first-order chi connectivity index (χ1) is 18.3. The minimum Gasteiger partial charge on any atom is -0.492 e. The third-order valence-corrected chi connectivity index (χ3v) is 6.33. The Morgan fingerprint density at radius 3 is 1.57 bits per heavy atom. The lowest BCUT2D eigenvalue weighted by Crippen LogP contribution is -2.50. The summed E-state index contributed by atoms with van der Waals surface area (Å²) in [7, 11) is 0. The van der Waals surface area contributed by atoms with Crippen LogP contribution in [0, 0.1) is 0 Å². The van der Waals surface area contributed by atoms with E-state index >= 15 is 0 Å². The molecule has 0 N–H and O–H groups in total. The molecule has 0 saturated carbocycles. The van der Waals surface area contributed by atoms with E-state index in [1.165, 1.54) is 0 Å². The standard InChI is InChI=1S/C33H32O4/c1-5-13-26(14-6-1)21-30-32(36-23-28-17-9-3-10-18-28)33(37-24-29-19-11-4-12-20-29)31(25-35-30)34-22-27-15-7-2-8-16-27/h1-21,31-33H,22-25H2/b30-21-/t31-,32+,33+/m1/s1. The van der Waals surface area contributed by atoms with Gasteiger partial charge < -0.3 is 18.9 Å². The van der Waals surface area contributed by atoms with E-state index in [1.807, 2.05) is 78.9 Å². The van der Waals surface area contributed by atoms with Crippen molar-refractivity contribution in [2.75, 3.05) is 6.61 Å². The number of hydrogen-bond donors (Lipinski definition) is 0. The van der Waals surface area contributed by atoms with Gasteiger partial charge in [0, 0.05) is 0 Å². The quantitative estimate of drug-likeness (QED) is 0.244. The SMILES string of the molecule is C(=C1/OC[C@@H](OCc2ccccc2)[C@H](OCc2ccccc2)[C@H]1OCc1ccccc1)/c1ccccc1. The Morgan fingerprint density at radius 2 is 1.03 bits per heavy atom. The zero-order chi connectivity index (χ0) is 25.1. The molecule has 1 aliphatic heterocycles. The molecular formula is C33H32O4. The van der Waals surface area contributed by atoms with Crippen molar-refractivity contribution in [1.82, 2.24) is 0 Å². The highest BCUT2D eigenvalue weighted by atomic mass is 16.6. The molecular weight excluding hydrogens is 460 g/mol. The van der Waals surface area contributed by atoms with Crippen LogP contribution >= 0.6 is 0 Å². The Hall–Kier alpha value is -3.70. The highest BCUT2D eigenvalue weighted by molar-refractivity contribution is 5.52. The molecule has 1 aliphatic rings. The molecule has 37 heavy (non-hydrogen) atoms. The molecule has 0 unspecified atom stereocenters. The van der Waals surface area contributed by atoms with Crippen LogP contribution in [0.5, 0.6) is 0 Å². The number of rotatable bonds is 10. The van der Waals surface area contributed by atoms with E-state index in [-0.39, 0.29) is 12.2 Å². The third-order valence-electron chi connectivity index (χ3n) is 6.33. The lowest BCUT2D eigenvalue weighted by molar-refractivity contribution is -0.188. The van der Waals surface area contributed by atoms with Crippen molar-refractivity contribution in [3.63, 3.8) is 0 Å². The number of ether oxygens (including phenoxy) is 4. The smallest absolute Gasteiger partial charge is 0.144 e. The van der Waals surface area contributed by atoms with Gasteiger partial charge in [0.2, 0.25) is 0 Å². The highest BCUT2D eigenvalue weighted by Crippen LogP contribution is 2.30. The van der Waals surface area contributed by atoms with Crippen molar-refractivity contribution in [2.24, 2.45) is 0 Å². The molecule has 0 bridgehead atoms. The minimum absolute atomic E-state index is 0.294. The second-order valence-corrected chi connectivity index (χ2v) is 9.08. The first-order valence-corrected chi connectivity index (χ1v) is 12.7. The molecule has 0 aromatic heterocycles. The molecule has 1 saturated heterocycles. The molecule has 4 nitrogen and oxygen atoms in total.